The molecule has 0 saturated heterocycles. The third-order valence-electron chi connectivity index (χ3n) is 3.30. The molecule has 5 nitrogen and oxygen atoms in total. The van der Waals surface area contributed by atoms with Gasteiger partial charge < -0.3 is 4.74 Å². The van der Waals surface area contributed by atoms with E-state index in [0.717, 1.165) is 11.3 Å². The Morgan fingerprint density at radius 1 is 1.12 bits per heavy atom. The molecule has 0 spiro atoms. The molecule has 1 heterocycles. The van der Waals surface area contributed by atoms with Crippen LogP contribution in [0.25, 0.3) is 11.3 Å². The van der Waals surface area contributed by atoms with Crippen LogP contribution in [0.15, 0.2) is 53.9 Å². The van der Waals surface area contributed by atoms with Gasteiger partial charge in [0.2, 0.25) is 0 Å². The maximum atomic E-state index is 12.0. The molecule has 0 aliphatic heterocycles. The summed E-state index contributed by atoms with van der Waals surface area (Å²) in [6.45, 7) is -0.456. The fourth-order valence-electron chi connectivity index (χ4n) is 2.09. The van der Waals surface area contributed by atoms with Gasteiger partial charge in [-0.15, -0.1) is 11.3 Å². The number of rotatable bonds is 5. The van der Waals surface area contributed by atoms with Crippen LogP contribution in [-0.2, 0) is 9.53 Å². The molecule has 8 heteroatoms. The number of aromatic nitrogens is 1. The first-order valence-electron chi connectivity index (χ1n) is 7.46. The Bertz CT molecular complexity index is 945. The van der Waals surface area contributed by atoms with Crippen LogP contribution in [-0.4, -0.2) is 23.5 Å². The highest BCUT2D eigenvalue weighted by Crippen LogP contribution is 2.24. The summed E-state index contributed by atoms with van der Waals surface area (Å²) >= 11 is 13.0. The van der Waals surface area contributed by atoms with Gasteiger partial charge in [0, 0.05) is 16.0 Å². The largest absolute Gasteiger partial charge is 0.452 e. The normalized spacial score (nSPS) is 10.4. The van der Waals surface area contributed by atoms with E-state index in [-0.39, 0.29) is 10.6 Å². The molecule has 0 saturated carbocycles. The van der Waals surface area contributed by atoms with Crippen LogP contribution in [0, 0.1) is 0 Å². The average Bonchev–Trinajstić information content (AvgIpc) is 3.11. The zero-order valence-corrected chi connectivity index (χ0v) is 15.6. The average molecular weight is 407 g/mol. The summed E-state index contributed by atoms with van der Waals surface area (Å²) in [6, 6.07) is 14.0. The zero-order valence-electron chi connectivity index (χ0n) is 13.2. The SMILES string of the molecule is O=C(COC(=O)c1cc(Cl)ccc1Cl)Nc1nc(-c2ccccc2)cs1. The van der Waals surface area contributed by atoms with Crippen molar-refractivity contribution < 1.29 is 14.3 Å². The third-order valence-corrected chi connectivity index (χ3v) is 4.63. The minimum absolute atomic E-state index is 0.104. The van der Waals surface area contributed by atoms with E-state index in [1.54, 1.807) is 6.07 Å². The van der Waals surface area contributed by atoms with E-state index in [4.69, 9.17) is 27.9 Å². The van der Waals surface area contributed by atoms with Gasteiger partial charge in [0.1, 0.15) is 0 Å². The van der Waals surface area contributed by atoms with Crippen molar-refractivity contribution in [2.45, 2.75) is 0 Å². The number of carbonyl (C=O) groups is 2. The van der Waals surface area contributed by atoms with Crippen LogP contribution >= 0.6 is 34.5 Å². The highest BCUT2D eigenvalue weighted by molar-refractivity contribution is 7.14. The number of benzene rings is 2. The summed E-state index contributed by atoms with van der Waals surface area (Å²) in [6.07, 6.45) is 0. The Morgan fingerprint density at radius 2 is 1.88 bits per heavy atom. The van der Waals surface area contributed by atoms with E-state index in [2.05, 4.69) is 10.3 Å². The molecular weight excluding hydrogens is 395 g/mol. The van der Waals surface area contributed by atoms with Gasteiger partial charge in [-0.05, 0) is 18.2 Å². The minimum Gasteiger partial charge on any atom is -0.452 e. The van der Waals surface area contributed by atoms with Gasteiger partial charge >= 0.3 is 5.97 Å². The molecule has 26 heavy (non-hydrogen) atoms. The topological polar surface area (TPSA) is 68.3 Å². The Morgan fingerprint density at radius 3 is 2.65 bits per heavy atom. The van der Waals surface area contributed by atoms with Crippen LogP contribution in [0.1, 0.15) is 10.4 Å². The number of halogens is 2. The summed E-state index contributed by atoms with van der Waals surface area (Å²) < 4.78 is 4.97. The molecule has 1 aromatic heterocycles. The van der Waals surface area contributed by atoms with Gasteiger partial charge in [0.15, 0.2) is 11.7 Å². The predicted octanol–water partition coefficient (Wildman–Crippen LogP) is 4.91. The Hall–Kier alpha value is -2.41. The lowest BCUT2D eigenvalue weighted by Gasteiger charge is -2.06. The molecule has 1 amide bonds. The molecular formula is C18H12Cl2N2O3S. The molecule has 0 radical (unpaired) electrons. The van der Waals surface area contributed by atoms with Crippen LogP contribution in [0.2, 0.25) is 10.0 Å². The minimum atomic E-state index is -0.725. The monoisotopic (exact) mass is 406 g/mol. The van der Waals surface area contributed by atoms with Crippen molar-refractivity contribution in [3.05, 3.63) is 69.5 Å². The number of hydrogen-bond donors (Lipinski definition) is 1. The summed E-state index contributed by atoms with van der Waals surface area (Å²) in [5.74, 6) is -1.22. The third kappa shape index (κ3) is 4.60. The van der Waals surface area contributed by atoms with Crippen molar-refractivity contribution in [3.63, 3.8) is 0 Å². The number of amides is 1. The van der Waals surface area contributed by atoms with Crippen molar-refractivity contribution in [2.24, 2.45) is 0 Å². The highest BCUT2D eigenvalue weighted by atomic mass is 35.5. The quantitative estimate of drug-likeness (QED) is 0.610. The number of anilines is 1. The molecule has 0 fully saturated rings. The molecule has 0 atom stereocenters. The summed E-state index contributed by atoms with van der Waals surface area (Å²) in [5.41, 5.74) is 1.81. The predicted molar refractivity (Wildman–Crippen MR) is 103 cm³/mol. The van der Waals surface area contributed by atoms with Crippen molar-refractivity contribution in [1.82, 2.24) is 4.98 Å². The van der Waals surface area contributed by atoms with Gasteiger partial charge in [-0.1, -0.05) is 53.5 Å². The second kappa shape index (κ2) is 8.31. The van der Waals surface area contributed by atoms with E-state index in [1.807, 2.05) is 35.7 Å². The van der Waals surface area contributed by atoms with Crippen molar-refractivity contribution in [3.8, 4) is 11.3 Å². The molecule has 1 N–H and O–H groups in total. The van der Waals surface area contributed by atoms with Crippen LogP contribution in [0.4, 0.5) is 5.13 Å². The van der Waals surface area contributed by atoms with Crippen LogP contribution < -0.4 is 5.32 Å². The number of nitrogens with zero attached hydrogens (tertiary/aromatic N) is 1. The lowest BCUT2D eigenvalue weighted by Crippen LogP contribution is -2.21. The number of esters is 1. The number of nitrogens with one attached hydrogen (secondary N) is 1. The first-order chi connectivity index (χ1) is 12.5. The van der Waals surface area contributed by atoms with Gasteiger partial charge in [-0.2, -0.15) is 0 Å². The smallest absolute Gasteiger partial charge is 0.340 e. The lowest BCUT2D eigenvalue weighted by atomic mass is 10.2. The van der Waals surface area contributed by atoms with Gasteiger partial charge in [0.05, 0.1) is 16.3 Å². The summed E-state index contributed by atoms with van der Waals surface area (Å²) in [5, 5.41) is 5.41. The van der Waals surface area contributed by atoms with Crippen LogP contribution in [0.5, 0.6) is 0 Å². The van der Waals surface area contributed by atoms with Crippen LogP contribution in [0.3, 0.4) is 0 Å². The van der Waals surface area contributed by atoms with Crippen molar-refractivity contribution in [1.29, 1.82) is 0 Å². The Labute approximate surface area is 163 Å². The van der Waals surface area contributed by atoms with Gasteiger partial charge in [-0.25, -0.2) is 9.78 Å². The molecule has 3 aromatic rings. The molecule has 2 aromatic carbocycles. The molecule has 0 bridgehead atoms. The zero-order chi connectivity index (χ0) is 18.5. The molecule has 0 unspecified atom stereocenters. The number of ether oxygens (including phenoxy) is 1. The molecule has 3 rings (SSSR count). The number of carbonyl (C=O) groups excluding carboxylic acids is 2. The maximum Gasteiger partial charge on any atom is 0.340 e. The standard InChI is InChI=1S/C18H12Cl2N2O3S/c19-12-6-7-14(20)13(8-12)17(24)25-9-16(23)22-18-21-15(10-26-18)11-4-2-1-3-5-11/h1-8,10H,9H2,(H,21,22,23). The maximum absolute atomic E-state index is 12.0. The first-order valence-corrected chi connectivity index (χ1v) is 9.09. The highest BCUT2D eigenvalue weighted by Gasteiger charge is 2.15. The van der Waals surface area contributed by atoms with E-state index in [9.17, 15) is 9.59 Å². The van der Waals surface area contributed by atoms with E-state index in [0.29, 0.717) is 10.2 Å². The van der Waals surface area contributed by atoms with E-state index < -0.39 is 18.5 Å². The first kappa shape index (κ1) is 18.4. The molecule has 0 aliphatic carbocycles. The lowest BCUT2D eigenvalue weighted by molar-refractivity contribution is -0.119. The van der Waals surface area contributed by atoms with Gasteiger partial charge in [-0.3, -0.25) is 10.1 Å². The fourth-order valence-corrected chi connectivity index (χ4v) is 3.19. The Balaban J connectivity index is 1.57. The summed E-state index contributed by atoms with van der Waals surface area (Å²) in [4.78, 5) is 28.3. The number of thiazole rings is 1. The fraction of sp³-hybridized carbons (Fsp3) is 0.0556. The molecule has 132 valence electrons. The van der Waals surface area contributed by atoms with E-state index in [1.165, 1.54) is 23.5 Å². The second-order valence-electron chi connectivity index (χ2n) is 5.15. The second-order valence-corrected chi connectivity index (χ2v) is 6.85. The van der Waals surface area contributed by atoms with Gasteiger partial charge in [0.25, 0.3) is 5.91 Å². The van der Waals surface area contributed by atoms with Crippen molar-refractivity contribution in [2.75, 3.05) is 11.9 Å². The van der Waals surface area contributed by atoms with E-state index >= 15 is 0 Å². The number of hydrogen-bond acceptors (Lipinski definition) is 5. The van der Waals surface area contributed by atoms with Crippen molar-refractivity contribution >= 4 is 51.5 Å². The summed E-state index contributed by atoms with van der Waals surface area (Å²) in [7, 11) is 0. The molecule has 0 aliphatic rings. The Kier molecular flexibility index (Phi) is 5.88.